The summed E-state index contributed by atoms with van der Waals surface area (Å²) in [5.74, 6) is -0.126. The Balaban J connectivity index is 1.65. The van der Waals surface area contributed by atoms with Gasteiger partial charge in [-0.3, -0.25) is 4.79 Å². The molecule has 0 saturated carbocycles. The van der Waals surface area contributed by atoms with Crippen molar-refractivity contribution in [3.63, 3.8) is 0 Å². The number of para-hydroxylation sites is 1. The van der Waals surface area contributed by atoms with E-state index in [1.54, 1.807) is 17.9 Å². The number of thiophene rings is 1. The lowest BCUT2D eigenvalue weighted by atomic mass is 10.0. The number of nitrogens with zero attached hydrogens (tertiary/aromatic N) is 2. The highest BCUT2D eigenvalue weighted by Crippen LogP contribution is 2.33. The average molecular weight is 407 g/mol. The maximum Gasteiger partial charge on any atom is 0.268 e. The lowest BCUT2D eigenvalue weighted by molar-refractivity contribution is 0.0730. The summed E-state index contributed by atoms with van der Waals surface area (Å²) < 4.78 is 32.6. The van der Waals surface area contributed by atoms with E-state index < -0.39 is 10.0 Å². The Kier molecular flexibility index (Phi) is 5.07. The molecule has 4 rings (SSSR count). The fourth-order valence-electron chi connectivity index (χ4n) is 3.63. The molecule has 0 radical (unpaired) electrons. The summed E-state index contributed by atoms with van der Waals surface area (Å²) in [6.45, 7) is 3.91. The van der Waals surface area contributed by atoms with E-state index in [4.69, 9.17) is 4.74 Å². The topological polar surface area (TPSA) is 66.9 Å². The quantitative estimate of drug-likeness (QED) is 0.786. The average Bonchev–Trinajstić information content (AvgIpc) is 3.10. The van der Waals surface area contributed by atoms with Crippen LogP contribution in [0.25, 0.3) is 0 Å². The minimum Gasteiger partial charge on any atom is -0.379 e. The van der Waals surface area contributed by atoms with Gasteiger partial charge in [0.1, 0.15) is 0 Å². The largest absolute Gasteiger partial charge is 0.379 e. The van der Waals surface area contributed by atoms with E-state index in [2.05, 4.69) is 0 Å². The Bertz CT molecular complexity index is 962. The third-order valence-corrected chi connectivity index (χ3v) is 8.22. The van der Waals surface area contributed by atoms with Crippen LogP contribution >= 0.6 is 11.3 Å². The minimum absolute atomic E-state index is 0.126. The molecule has 2 aromatic rings. The van der Waals surface area contributed by atoms with Gasteiger partial charge in [0.2, 0.25) is 10.0 Å². The maximum atomic E-state index is 13.1. The molecule has 1 fully saturated rings. The van der Waals surface area contributed by atoms with E-state index in [1.165, 1.54) is 15.6 Å². The van der Waals surface area contributed by atoms with Gasteiger partial charge < -0.3 is 9.64 Å². The van der Waals surface area contributed by atoms with Crippen LogP contribution in [0, 0.1) is 6.92 Å². The second-order valence-electron chi connectivity index (χ2n) is 6.74. The van der Waals surface area contributed by atoms with Crippen molar-refractivity contribution in [1.82, 2.24) is 4.31 Å². The summed E-state index contributed by atoms with van der Waals surface area (Å²) in [5, 5.41) is 0. The Morgan fingerprint density at radius 3 is 2.67 bits per heavy atom. The molecule has 27 heavy (non-hydrogen) atoms. The van der Waals surface area contributed by atoms with E-state index in [1.807, 2.05) is 24.3 Å². The number of benzene rings is 1. The Morgan fingerprint density at radius 1 is 1.15 bits per heavy atom. The predicted octanol–water partition coefficient (Wildman–Crippen LogP) is 2.67. The van der Waals surface area contributed by atoms with Crippen molar-refractivity contribution in [3.05, 3.63) is 45.6 Å². The summed E-state index contributed by atoms with van der Waals surface area (Å²) in [7, 11) is -3.60. The van der Waals surface area contributed by atoms with Crippen molar-refractivity contribution in [3.8, 4) is 0 Å². The van der Waals surface area contributed by atoms with Gasteiger partial charge in [0, 0.05) is 30.2 Å². The van der Waals surface area contributed by atoms with Crippen LogP contribution in [0.4, 0.5) is 5.69 Å². The third-order valence-electron chi connectivity index (χ3n) is 5.03. The molecule has 8 heteroatoms. The molecule has 1 aromatic carbocycles. The maximum absolute atomic E-state index is 13.1. The number of rotatable bonds is 3. The molecular weight excluding hydrogens is 384 g/mol. The number of amides is 1. The van der Waals surface area contributed by atoms with Gasteiger partial charge in [0.05, 0.1) is 23.0 Å². The molecule has 2 aliphatic rings. The van der Waals surface area contributed by atoms with Crippen molar-refractivity contribution < 1.29 is 17.9 Å². The van der Waals surface area contributed by atoms with Crippen molar-refractivity contribution in [2.75, 3.05) is 37.7 Å². The fourth-order valence-corrected chi connectivity index (χ4v) is 6.55. The van der Waals surface area contributed by atoms with Gasteiger partial charge in [-0.05, 0) is 37.5 Å². The Labute approximate surface area is 163 Å². The van der Waals surface area contributed by atoms with Crippen LogP contribution in [0.3, 0.4) is 0 Å². The first kappa shape index (κ1) is 18.6. The van der Waals surface area contributed by atoms with Gasteiger partial charge in [-0.25, -0.2) is 8.42 Å². The first-order chi connectivity index (χ1) is 13.0. The first-order valence-corrected chi connectivity index (χ1v) is 11.3. The predicted molar refractivity (Wildman–Crippen MR) is 105 cm³/mol. The Morgan fingerprint density at radius 2 is 1.89 bits per heavy atom. The second-order valence-corrected chi connectivity index (χ2v) is 9.90. The zero-order valence-electron chi connectivity index (χ0n) is 15.2. The number of hydrogen-bond donors (Lipinski definition) is 0. The number of ether oxygens (including phenoxy) is 1. The van der Waals surface area contributed by atoms with Gasteiger partial charge >= 0.3 is 0 Å². The number of aryl methyl sites for hydroxylation is 2. The molecule has 0 spiro atoms. The summed E-state index contributed by atoms with van der Waals surface area (Å²) in [6.07, 6.45) is 1.87. The van der Waals surface area contributed by atoms with Crippen LogP contribution in [0.15, 0.2) is 35.2 Å². The zero-order chi connectivity index (χ0) is 19.0. The molecule has 0 unspecified atom stereocenters. The second kappa shape index (κ2) is 7.35. The monoisotopic (exact) mass is 406 g/mol. The molecular formula is C19H22N2O4S2. The fraction of sp³-hybridized carbons (Fsp3) is 0.421. The number of anilines is 1. The number of fused-ring (bicyclic) bond motifs is 1. The van der Waals surface area contributed by atoms with Crippen LogP contribution in [-0.4, -0.2) is 51.5 Å². The highest BCUT2D eigenvalue weighted by atomic mass is 32.2. The highest BCUT2D eigenvalue weighted by molar-refractivity contribution is 7.89. The van der Waals surface area contributed by atoms with Crippen molar-refractivity contribution in [1.29, 1.82) is 0 Å². The van der Waals surface area contributed by atoms with Gasteiger partial charge in [-0.1, -0.05) is 18.2 Å². The SMILES string of the molecule is Cc1sc(C(=O)N2CCCc3ccccc32)cc1S(=O)(=O)N1CCOCC1. The summed E-state index contributed by atoms with van der Waals surface area (Å²) in [4.78, 5) is 16.3. The van der Waals surface area contributed by atoms with Crippen LogP contribution in [-0.2, 0) is 21.2 Å². The molecule has 144 valence electrons. The van der Waals surface area contributed by atoms with Crippen LogP contribution in [0.5, 0.6) is 0 Å². The van der Waals surface area contributed by atoms with E-state index in [0.29, 0.717) is 42.6 Å². The van der Waals surface area contributed by atoms with E-state index in [0.717, 1.165) is 24.1 Å². The smallest absolute Gasteiger partial charge is 0.268 e. The van der Waals surface area contributed by atoms with Gasteiger partial charge in [0.25, 0.3) is 5.91 Å². The number of carbonyl (C=O) groups is 1. The minimum atomic E-state index is -3.60. The lowest BCUT2D eigenvalue weighted by Gasteiger charge is -2.29. The summed E-state index contributed by atoms with van der Waals surface area (Å²) in [5.41, 5.74) is 2.09. The molecule has 1 saturated heterocycles. The lowest BCUT2D eigenvalue weighted by Crippen LogP contribution is -2.40. The summed E-state index contributed by atoms with van der Waals surface area (Å²) >= 11 is 1.25. The van der Waals surface area contributed by atoms with Gasteiger partial charge in [0.15, 0.2) is 0 Å². The molecule has 0 aliphatic carbocycles. The van der Waals surface area contributed by atoms with Crippen LogP contribution < -0.4 is 4.90 Å². The number of carbonyl (C=O) groups excluding carboxylic acids is 1. The molecule has 2 aliphatic heterocycles. The normalized spacial score (nSPS) is 18.3. The van der Waals surface area contributed by atoms with Crippen LogP contribution in [0.1, 0.15) is 26.5 Å². The van der Waals surface area contributed by atoms with Gasteiger partial charge in [-0.15, -0.1) is 11.3 Å². The van der Waals surface area contributed by atoms with E-state index in [-0.39, 0.29) is 10.8 Å². The van der Waals surface area contributed by atoms with E-state index in [9.17, 15) is 13.2 Å². The Hall–Kier alpha value is -1.74. The van der Waals surface area contributed by atoms with Crippen molar-refractivity contribution in [2.24, 2.45) is 0 Å². The first-order valence-electron chi connectivity index (χ1n) is 9.06. The molecule has 3 heterocycles. The van der Waals surface area contributed by atoms with Crippen LogP contribution in [0.2, 0.25) is 0 Å². The molecule has 0 atom stereocenters. The zero-order valence-corrected chi connectivity index (χ0v) is 16.8. The van der Waals surface area contributed by atoms with Crippen molar-refractivity contribution >= 4 is 33.0 Å². The summed E-state index contributed by atoms with van der Waals surface area (Å²) in [6, 6.07) is 9.46. The number of hydrogen-bond acceptors (Lipinski definition) is 5. The van der Waals surface area contributed by atoms with Gasteiger partial charge in [-0.2, -0.15) is 4.31 Å². The molecule has 0 N–H and O–H groups in total. The number of morpholine rings is 1. The van der Waals surface area contributed by atoms with E-state index >= 15 is 0 Å². The van der Waals surface area contributed by atoms with Crippen molar-refractivity contribution in [2.45, 2.75) is 24.7 Å². The number of sulfonamides is 1. The molecule has 6 nitrogen and oxygen atoms in total. The molecule has 0 bridgehead atoms. The standard InChI is InChI=1S/C19H22N2O4S2/c1-14-18(27(23,24)20-9-11-25-12-10-20)13-17(26-14)19(22)21-8-4-6-15-5-2-3-7-16(15)21/h2-3,5,7,13H,4,6,8-12H2,1H3. The third kappa shape index (κ3) is 3.42. The highest BCUT2D eigenvalue weighted by Gasteiger charge is 2.31. The molecule has 1 amide bonds. The molecule has 1 aromatic heterocycles.